The van der Waals surface area contributed by atoms with Crippen LogP contribution in [0.5, 0.6) is 5.75 Å². The molecular weight excluding hydrogens is 403 g/mol. The minimum atomic E-state index is -0.990. The van der Waals surface area contributed by atoms with Crippen molar-refractivity contribution in [2.75, 3.05) is 13.2 Å². The summed E-state index contributed by atoms with van der Waals surface area (Å²) in [5.74, 6) is -1.68. The summed E-state index contributed by atoms with van der Waals surface area (Å²) < 4.78 is 14.5. The third-order valence-electron chi connectivity index (χ3n) is 4.88. The highest BCUT2D eigenvalue weighted by Gasteiger charge is 2.27. The van der Waals surface area contributed by atoms with Gasteiger partial charge in [-0.3, -0.25) is 14.6 Å². The number of hydrogen-bond acceptors (Lipinski definition) is 6. The van der Waals surface area contributed by atoms with E-state index in [0.717, 1.165) is 11.1 Å². The van der Waals surface area contributed by atoms with Crippen molar-refractivity contribution in [3.05, 3.63) is 69.4 Å². The summed E-state index contributed by atoms with van der Waals surface area (Å²) in [6.45, 7) is 3.06. The number of pyridine rings is 2. The third-order valence-corrected chi connectivity index (χ3v) is 4.88. The molecule has 0 radical (unpaired) electrons. The van der Waals surface area contributed by atoms with Crippen molar-refractivity contribution in [1.82, 2.24) is 14.9 Å². The van der Waals surface area contributed by atoms with E-state index in [1.54, 1.807) is 32.0 Å². The van der Waals surface area contributed by atoms with Gasteiger partial charge >= 0.3 is 0 Å². The number of aliphatic hydroxyl groups is 1. The molecule has 0 aliphatic rings. The summed E-state index contributed by atoms with van der Waals surface area (Å²) in [6.07, 6.45) is 1.97. The molecule has 5 N–H and O–H groups in total. The molecule has 9 heteroatoms. The summed E-state index contributed by atoms with van der Waals surface area (Å²) in [7, 11) is 0. The Hall–Kier alpha value is -3.30. The number of nitrogens with two attached hydrogens (primary N) is 1. The highest BCUT2D eigenvalue weighted by Crippen LogP contribution is 2.26. The van der Waals surface area contributed by atoms with E-state index in [9.17, 15) is 24.2 Å². The van der Waals surface area contributed by atoms with Crippen molar-refractivity contribution in [3.63, 3.8) is 0 Å². The molecule has 3 aromatic rings. The predicted molar refractivity (Wildman–Crippen MR) is 115 cm³/mol. The molecule has 0 aliphatic heterocycles. The van der Waals surface area contributed by atoms with Gasteiger partial charge in [-0.1, -0.05) is 12.1 Å². The molecule has 0 saturated carbocycles. The van der Waals surface area contributed by atoms with Gasteiger partial charge in [0, 0.05) is 19.3 Å². The predicted octanol–water partition coefficient (Wildman–Crippen LogP) is 1.29. The number of aromatic hydroxyl groups is 1. The number of carbonyl (C=O) groups is 1. The Balaban J connectivity index is 2.12. The minimum Gasteiger partial charge on any atom is -0.505 e. The van der Waals surface area contributed by atoms with E-state index in [-0.39, 0.29) is 31.0 Å². The largest absolute Gasteiger partial charge is 0.505 e. The van der Waals surface area contributed by atoms with Crippen molar-refractivity contribution in [3.8, 4) is 5.75 Å². The normalized spacial score (nSPS) is 11.6. The molecule has 0 spiro atoms. The fourth-order valence-corrected chi connectivity index (χ4v) is 3.25. The van der Waals surface area contributed by atoms with Crippen molar-refractivity contribution >= 4 is 16.9 Å². The highest BCUT2D eigenvalue weighted by atomic mass is 19.1. The second kappa shape index (κ2) is 8.83. The van der Waals surface area contributed by atoms with Crippen LogP contribution in [0.15, 0.2) is 41.3 Å². The Morgan fingerprint density at radius 2 is 1.94 bits per heavy atom. The molecule has 3 rings (SSSR count). The quantitative estimate of drug-likeness (QED) is 0.449. The number of hydrogen-bond donors (Lipinski definition) is 4. The van der Waals surface area contributed by atoms with Crippen LogP contribution in [0, 0.1) is 5.82 Å². The molecule has 0 bridgehead atoms. The molecule has 0 fully saturated rings. The first-order valence-electron chi connectivity index (χ1n) is 9.79. The SMILES string of the molecule is CC(C)(CO)NC(=O)c1c(O)c2ncc(Cc3ccc(F)cc3)cc2n(CCN)c1=O. The first-order valence-corrected chi connectivity index (χ1v) is 9.79. The topological polar surface area (TPSA) is 130 Å². The lowest BCUT2D eigenvalue weighted by atomic mass is 10.0. The molecule has 0 aliphatic carbocycles. The zero-order valence-electron chi connectivity index (χ0n) is 17.4. The Kier molecular flexibility index (Phi) is 6.37. The van der Waals surface area contributed by atoms with Crippen LogP contribution in [0.4, 0.5) is 4.39 Å². The van der Waals surface area contributed by atoms with Crippen molar-refractivity contribution in [2.45, 2.75) is 32.4 Å². The van der Waals surface area contributed by atoms with Crippen LogP contribution in [0.1, 0.15) is 35.3 Å². The standard InChI is InChI=1S/C22H25FN4O4/c1-22(2,12-28)26-20(30)17-19(29)18-16(27(8-7-24)21(17)31)10-14(11-25-18)9-13-3-5-15(23)6-4-13/h3-6,10-11,28-29H,7-9,12,24H2,1-2H3,(H,26,30). The molecule has 0 atom stereocenters. The van der Waals surface area contributed by atoms with Gasteiger partial charge in [0.05, 0.1) is 17.7 Å². The number of rotatable bonds is 7. The molecule has 0 unspecified atom stereocenters. The average molecular weight is 428 g/mol. The molecule has 164 valence electrons. The molecule has 1 aromatic carbocycles. The number of aromatic nitrogens is 2. The maximum Gasteiger partial charge on any atom is 0.267 e. The summed E-state index contributed by atoms with van der Waals surface area (Å²) in [4.78, 5) is 30.1. The monoisotopic (exact) mass is 428 g/mol. The van der Waals surface area contributed by atoms with Crippen LogP contribution in [0.3, 0.4) is 0 Å². The zero-order valence-corrected chi connectivity index (χ0v) is 17.4. The molecule has 2 aromatic heterocycles. The second-order valence-corrected chi connectivity index (χ2v) is 7.98. The van der Waals surface area contributed by atoms with Crippen LogP contribution in [0.2, 0.25) is 0 Å². The van der Waals surface area contributed by atoms with Crippen LogP contribution in [0.25, 0.3) is 11.0 Å². The van der Waals surface area contributed by atoms with E-state index in [1.165, 1.54) is 22.9 Å². The van der Waals surface area contributed by atoms with Crippen molar-refractivity contribution < 1.29 is 19.4 Å². The van der Waals surface area contributed by atoms with E-state index in [2.05, 4.69) is 10.3 Å². The number of fused-ring (bicyclic) bond motifs is 1. The van der Waals surface area contributed by atoms with Gasteiger partial charge in [0.15, 0.2) is 5.75 Å². The lowest BCUT2D eigenvalue weighted by Gasteiger charge is -2.24. The molecule has 0 saturated heterocycles. The first kappa shape index (κ1) is 22.4. The van der Waals surface area contributed by atoms with Gasteiger partial charge in [0.1, 0.15) is 16.9 Å². The number of nitrogens with zero attached hydrogens (tertiary/aromatic N) is 2. The van der Waals surface area contributed by atoms with E-state index in [1.807, 2.05) is 0 Å². The maximum atomic E-state index is 13.2. The van der Waals surface area contributed by atoms with Crippen molar-refractivity contribution in [1.29, 1.82) is 0 Å². The van der Waals surface area contributed by atoms with Gasteiger partial charge in [-0.05, 0) is 49.6 Å². The van der Waals surface area contributed by atoms with Gasteiger partial charge < -0.3 is 25.8 Å². The van der Waals surface area contributed by atoms with E-state index in [0.29, 0.717) is 11.9 Å². The van der Waals surface area contributed by atoms with Gasteiger partial charge in [0.25, 0.3) is 11.5 Å². The Morgan fingerprint density at radius 1 is 1.26 bits per heavy atom. The fourth-order valence-electron chi connectivity index (χ4n) is 3.25. The van der Waals surface area contributed by atoms with Gasteiger partial charge in [0.2, 0.25) is 0 Å². The van der Waals surface area contributed by atoms with Crippen LogP contribution < -0.4 is 16.6 Å². The number of halogens is 1. The lowest BCUT2D eigenvalue weighted by Crippen LogP contribution is -2.48. The van der Waals surface area contributed by atoms with Gasteiger partial charge in [-0.15, -0.1) is 0 Å². The summed E-state index contributed by atoms with van der Waals surface area (Å²) in [5, 5.41) is 22.6. The molecular formula is C22H25FN4O4. The number of carbonyl (C=O) groups excluding carboxylic acids is 1. The van der Waals surface area contributed by atoms with E-state index < -0.39 is 28.3 Å². The molecule has 8 nitrogen and oxygen atoms in total. The van der Waals surface area contributed by atoms with E-state index in [4.69, 9.17) is 5.73 Å². The number of nitrogens with one attached hydrogen (secondary N) is 1. The van der Waals surface area contributed by atoms with Crippen LogP contribution in [-0.4, -0.2) is 44.4 Å². The van der Waals surface area contributed by atoms with Gasteiger partial charge in [-0.25, -0.2) is 4.39 Å². The molecule has 31 heavy (non-hydrogen) atoms. The van der Waals surface area contributed by atoms with Crippen LogP contribution >= 0.6 is 0 Å². The van der Waals surface area contributed by atoms with Gasteiger partial charge in [-0.2, -0.15) is 0 Å². The highest BCUT2D eigenvalue weighted by molar-refractivity contribution is 6.01. The summed E-state index contributed by atoms with van der Waals surface area (Å²) >= 11 is 0. The first-order chi connectivity index (χ1) is 14.7. The van der Waals surface area contributed by atoms with Crippen molar-refractivity contribution in [2.24, 2.45) is 5.73 Å². The number of aliphatic hydroxyl groups excluding tert-OH is 1. The zero-order chi connectivity index (χ0) is 22.8. The smallest absolute Gasteiger partial charge is 0.267 e. The molecule has 2 heterocycles. The minimum absolute atomic E-state index is 0.0860. The average Bonchev–Trinajstić information content (AvgIpc) is 2.72. The Labute approximate surface area is 178 Å². The Bertz CT molecular complexity index is 1170. The second-order valence-electron chi connectivity index (χ2n) is 7.98. The third kappa shape index (κ3) is 4.73. The number of benzene rings is 1. The number of amides is 1. The maximum absolute atomic E-state index is 13.2. The summed E-state index contributed by atoms with van der Waals surface area (Å²) in [6, 6.07) is 7.72. The fraction of sp³-hybridized carbons (Fsp3) is 0.318. The lowest BCUT2D eigenvalue weighted by molar-refractivity contribution is 0.0864. The molecule has 1 amide bonds. The Morgan fingerprint density at radius 3 is 2.55 bits per heavy atom. The summed E-state index contributed by atoms with van der Waals surface area (Å²) in [5.41, 5.74) is 5.53. The van der Waals surface area contributed by atoms with Crippen LogP contribution in [-0.2, 0) is 13.0 Å². The van der Waals surface area contributed by atoms with E-state index >= 15 is 0 Å².